The molecule has 0 bridgehead atoms. The molecule has 0 amide bonds. The number of nitrogens with two attached hydrogens (primary N) is 1. The van der Waals surface area contributed by atoms with Crippen LogP contribution in [0.2, 0.25) is 0 Å². The van der Waals surface area contributed by atoms with Crippen molar-refractivity contribution in [3.8, 4) is 0 Å². The second-order valence-electron chi connectivity index (χ2n) is 2.55. The minimum atomic E-state index is -4.61. The third-order valence-electron chi connectivity index (χ3n) is 1.02. The van der Waals surface area contributed by atoms with Crippen LogP contribution in [0.4, 0.5) is 12.9 Å². The van der Waals surface area contributed by atoms with Gasteiger partial charge in [-0.3, -0.25) is 0 Å². The van der Waals surface area contributed by atoms with E-state index >= 15 is 0 Å². The molecule has 0 radical (unpaired) electrons. The maximum Gasteiger partial charge on any atom is 1.00 e. The van der Waals surface area contributed by atoms with E-state index in [0.29, 0.717) is 12.2 Å². The Labute approximate surface area is 118 Å². The summed E-state index contributed by atoms with van der Waals surface area (Å²) in [5, 5.41) is 0. The van der Waals surface area contributed by atoms with E-state index in [-0.39, 0.29) is 57.4 Å². The molecule has 7 heteroatoms. The molecule has 1 unspecified atom stereocenters. The average Bonchev–Trinajstić information content (AvgIpc) is 1.78. The first-order chi connectivity index (χ1) is 4.92. The predicted molar refractivity (Wildman–Crippen MR) is 44.7 cm³/mol. The van der Waals surface area contributed by atoms with Gasteiger partial charge in [0.1, 0.15) is 0 Å². The van der Waals surface area contributed by atoms with Crippen LogP contribution >= 0.6 is 11.8 Å². The summed E-state index contributed by atoms with van der Waals surface area (Å²) in [6.45, 7) is -2.82. The van der Waals surface area contributed by atoms with Gasteiger partial charge in [0.25, 0.3) is 0 Å². The van der Waals surface area contributed by atoms with E-state index in [1.54, 1.807) is 6.92 Å². The third-order valence-corrected chi connectivity index (χ3v) is 2.16. The molecule has 12 heavy (non-hydrogen) atoms. The monoisotopic (exact) mass is 225 g/mol. The standard InChI is InChI=1S/C5H12BF3NS.K/c1-5(10)2-3-11-4-6(7,8)9;/h5H,2-4,10H2,1H3;/q-1;+1. The summed E-state index contributed by atoms with van der Waals surface area (Å²) in [7, 11) is 0. The molecule has 0 aromatic rings. The molecule has 2 N–H and O–H groups in total. The first kappa shape index (κ1) is 16.2. The van der Waals surface area contributed by atoms with E-state index in [1.807, 2.05) is 0 Å². The zero-order valence-electron chi connectivity index (χ0n) is 7.40. The zero-order chi connectivity index (χ0) is 8.91. The van der Waals surface area contributed by atoms with Crippen LogP contribution in [0.3, 0.4) is 0 Å². The summed E-state index contributed by atoms with van der Waals surface area (Å²) in [6, 6.07) is 0.00299. The Morgan fingerprint density at radius 1 is 1.42 bits per heavy atom. The van der Waals surface area contributed by atoms with Gasteiger partial charge >= 0.3 is 58.4 Å². The normalized spacial score (nSPS) is 13.8. The number of hydrogen-bond donors (Lipinski definition) is 1. The molecule has 0 aromatic carbocycles. The molecule has 0 heterocycles. The summed E-state index contributed by atoms with van der Waals surface area (Å²) in [5.74, 6) is 0.499. The number of thioether (sulfide) groups is 1. The zero-order valence-corrected chi connectivity index (χ0v) is 11.3. The van der Waals surface area contributed by atoms with Gasteiger partial charge in [0, 0.05) is 6.04 Å². The molecule has 0 rings (SSSR count). The fraction of sp³-hybridized carbons (Fsp3) is 1.00. The van der Waals surface area contributed by atoms with Crippen molar-refractivity contribution < 1.29 is 64.3 Å². The summed E-state index contributed by atoms with van der Waals surface area (Å²) in [5.41, 5.74) is 4.65. The van der Waals surface area contributed by atoms with Gasteiger partial charge in [-0.15, -0.1) is 0 Å². The quantitative estimate of drug-likeness (QED) is 0.472. The van der Waals surface area contributed by atoms with Crippen LogP contribution in [0.15, 0.2) is 0 Å². The predicted octanol–water partition coefficient (Wildman–Crippen LogP) is -1.15. The first-order valence-corrected chi connectivity index (χ1v) is 4.61. The van der Waals surface area contributed by atoms with Gasteiger partial charge in [-0.05, 0) is 24.7 Å². The van der Waals surface area contributed by atoms with Crippen molar-refractivity contribution in [1.82, 2.24) is 0 Å². The van der Waals surface area contributed by atoms with Gasteiger partial charge < -0.3 is 18.7 Å². The molecular formula is C5H12BF3KNS. The summed E-state index contributed by atoms with van der Waals surface area (Å²) in [4.78, 5) is 0. The Morgan fingerprint density at radius 3 is 2.25 bits per heavy atom. The number of halogens is 3. The summed E-state index contributed by atoms with van der Waals surface area (Å²) in [6.07, 6.45) is 0.650. The molecule has 1 atom stereocenters. The minimum absolute atomic E-state index is 0. The smallest absolute Gasteiger partial charge is 0.448 e. The van der Waals surface area contributed by atoms with E-state index in [9.17, 15) is 12.9 Å². The molecule has 0 aliphatic heterocycles. The Kier molecular flexibility index (Phi) is 11.0. The molecule has 0 saturated heterocycles. The Hall–Kier alpha value is 1.80. The largest absolute Gasteiger partial charge is 1.00 e. The van der Waals surface area contributed by atoms with Gasteiger partial charge in [-0.2, -0.15) is 11.8 Å². The molecule has 68 valence electrons. The van der Waals surface area contributed by atoms with E-state index in [1.165, 1.54) is 0 Å². The summed E-state index contributed by atoms with van der Waals surface area (Å²) < 4.78 is 34.8. The molecule has 0 saturated carbocycles. The van der Waals surface area contributed by atoms with E-state index in [2.05, 4.69) is 0 Å². The number of rotatable bonds is 5. The van der Waals surface area contributed by atoms with Crippen LogP contribution in [0, 0.1) is 0 Å². The third kappa shape index (κ3) is 14.3. The fourth-order valence-electron chi connectivity index (χ4n) is 0.486. The van der Waals surface area contributed by atoms with Crippen LogP contribution in [0.1, 0.15) is 13.3 Å². The molecule has 0 aliphatic carbocycles. The van der Waals surface area contributed by atoms with Gasteiger partial charge in [0.15, 0.2) is 0 Å². The van der Waals surface area contributed by atoms with Crippen molar-refractivity contribution in [2.75, 3.05) is 11.4 Å². The van der Waals surface area contributed by atoms with Crippen molar-refractivity contribution in [3.63, 3.8) is 0 Å². The van der Waals surface area contributed by atoms with Crippen molar-refractivity contribution in [3.05, 3.63) is 0 Å². The molecule has 0 fully saturated rings. The fourth-order valence-corrected chi connectivity index (χ4v) is 1.46. The maximum absolute atomic E-state index is 11.6. The van der Waals surface area contributed by atoms with Gasteiger partial charge in [0.05, 0.1) is 0 Å². The molecule has 1 nitrogen and oxygen atoms in total. The SMILES string of the molecule is CC(N)CCSC[B-](F)(F)F.[K+]. The second-order valence-corrected chi connectivity index (χ2v) is 3.70. The van der Waals surface area contributed by atoms with E-state index in [4.69, 9.17) is 5.73 Å². The Balaban J connectivity index is 0. The van der Waals surface area contributed by atoms with Crippen LogP contribution in [-0.4, -0.2) is 24.4 Å². The van der Waals surface area contributed by atoms with Crippen LogP contribution in [0.25, 0.3) is 0 Å². The first-order valence-electron chi connectivity index (χ1n) is 3.46. The van der Waals surface area contributed by atoms with Crippen molar-refractivity contribution in [2.45, 2.75) is 19.4 Å². The second kappa shape index (κ2) is 8.14. The Morgan fingerprint density at radius 2 is 1.92 bits per heavy atom. The van der Waals surface area contributed by atoms with Crippen molar-refractivity contribution >= 4 is 18.7 Å². The van der Waals surface area contributed by atoms with Gasteiger partial charge in [0.2, 0.25) is 0 Å². The van der Waals surface area contributed by atoms with E-state index in [0.717, 1.165) is 11.8 Å². The van der Waals surface area contributed by atoms with E-state index < -0.39 is 12.6 Å². The molecule has 0 aliphatic rings. The average molecular weight is 225 g/mol. The molecule has 0 spiro atoms. The van der Waals surface area contributed by atoms with Crippen LogP contribution in [-0.2, 0) is 0 Å². The van der Waals surface area contributed by atoms with Gasteiger partial charge in [-0.1, -0.05) is 0 Å². The van der Waals surface area contributed by atoms with Gasteiger partial charge in [-0.25, -0.2) is 0 Å². The minimum Gasteiger partial charge on any atom is -0.448 e. The van der Waals surface area contributed by atoms with Crippen LogP contribution < -0.4 is 57.1 Å². The number of hydrogen-bond acceptors (Lipinski definition) is 2. The van der Waals surface area contributed by atoms with Crippen molar-refractivity contribution in [1.29, 1.82) is 0 Å². The molecule has 0 aromatic heterocycles. The topological polar surface area (TPSA) is 26.0 Å². The van der Waals surface area contributed by atoms with Crippen molar-refractivity contribution in [2.24, 2.45) is 5.73 Å². The van der Waals surface area contributed by atoms with Crippen LogP contribution in [0.5, 0.6) is 0 Å². The summed E-state index contributed by atoms with van der Waals surface area (Å²) >= 11 is 0.911. The Bertz CT molecular complexity index is 111. The molecular weight excluding hydrogens is 213 g/mol. The maximum atomic E-state index is 11.6.